The van der Waals surface area contributed by atoms with Crippen molar-refractivity contribution in [3.63, 3.8) is 0 Å². The fraction of sp³-hybridized carbons (Fsp3) is 0.400. The Morgan fingerprint density at radius 1 is 1.75 bits per heavy atom. The van der Waals surface area contributed by atoms with Gasteiger partial charge in [0, 0.05) is 5.57 Å². The minimum Gasteiger partial charge on any atom is -1.00 e. The van der Waals surface area contributed by atoms with Crippen LogP contribution in [0.1, 0.15) is 16.7 Å². The van der Waals surface area contributed by atoms with Crippen molar-refractivity contribution >= 4 is 54.9 Å². The topological polar surface area (TPSA) is 37.3 Å². The Hall–Kier alpha value is 0.781. The Labute approximate surface area is 92.0 Å². The van der Waals surface area contributed by atoms with Crippen molar-refractivity contribution in [2.24, 2.45) is 0 Å². The molecule has 0 aromatic rings. The van der Waals surface area contributed by atoms with Crippen molar-refractivity contribution in [3.8, 4) is 0 Å². The molecule has 0 aliphatic heterocycles. The first-order valence-corrected chi connectivity index (χ1v) is 2.04. The molecule has 0 fully saturated rings. The smallest absolute Gasteiger partial charge is 1.00 e. The van der Waals surface area contributed by atoms with Gasteiger partial charge in [0.15, 0.2) is 0 Å². The second kappa shape index (κ2) is 5.91. The minimum absolute atomic E-state index is 0. The van der Waals surface area contributed by atoms with Crippen LogP contribution in [-0.4, -0.2) is 60.0 Å². The summed E-state index contributed by atoms with van der Waals surface area (Å²) in [6, 6.07) is 0. The summed E-state index contributed by atoms with van der Waals surface area (Å²) in [7, 11) is 0. The molecule has 0 aliphatic rings. The monoisotopic (exact) mass is 240 g/mol. The fourth-order valence-corrected chi connectivity index (χ4v) is 0.123. The van der Waals surface area contributed by atoms with Crippen LogP contribution in [0.15, 0.2) is 11.6 Å². The van der Waals surface area contributed by atoms with Crippen LogP contribution in [0.5, 0.6) is 0 Å². The first-order valence-electron chi connectivity index (χ1n) is 2.04. The Morgan fingerprint density at radius 2 is 2.12 bits per heavy atom. The normalized spacial score (nSPS) is 10.0. The Morgan fingerprint density at radius 3 is 2.12 bits per heavy atom. The molecule has 0 heterocycles. The van der Waals surface area contributed by atoms with E-state index in [9.17, 15) is 4.79 Å². The molecule has 0 saturated carbocycles. The number of allylic oxidation sites excluding steroid dienone is 1. The van der Waals surface area contributed by atoms with E-state index in [1.54, 1.807) is 19.9 Å². The summed E-state index contributed by atoms with van der Waals surface area (Å²) in [5, 5.41) is 8.11. The molecule has 0 aromatic heterocycles. The third kappa shape index (κ3) is 4.93. The molecule has 8 heavy (non-hydrogen) atoms. The number of carboxylic acids is 1. The molecule has 0 aliphatic carbocycles. The maximum atomic E-state index is 9.86. The Balaban J connectivity index is -0.0000000600. The first kappa shape index (κ1) is 11.6. The Kier molecular flexibility index (Phi) is 8.54. The molecule has 0 amide bonds. The third-order valence-corrected chi connectivity index (χ3v) is 0.770. The van der Waals surface area contributed by atoms with Crippen LogP contribution in [-0.2, 0) is 4.79 Å². The summed E-state index contributed by atoms with van der Waals surface area (Å²) < 4.78 is 0. The van der Waals surface area contributed by atoms with Gasteiger partial charge in [-0.3, -0.25) is 0 Å². The largest absolute Gasteiger partial charge is 2.00 e. The SMILES string of the molecule is CC=C(C)C(=O)O.[Ba+2].[H-].[H-]. The van der Waals surface area contributed by atoms with E-state index < -0.39 is 5.97 Å². The van der Waals surface area contributed by atoms with Crippen LogP contribution in [0.2, 0.25) is 0 Å². The average Bonchev–Trinajstić information content (AvgIpc) is 1.65. The van der Waals surface area contributed by atoms with Gasteiger partial charge in [0.1, 0.15) is 0 Å². The van der Waals surface area contributed by atoms with E-state index in [-0.39, 0.29) is 51.7 Å². The van der Waals surface area contributed by atoms with Gasteiger partial charge in [0.2, 0.25) is 0 Å². The molecule has 2 nitrogen and oxygen atoms in total. The van der Waals surface area contributed by atoms with Crippen LogP contribution >= 0.6 is 0 Å². The quantitative estimate of drug-likeness (QED) is 0.545. The molecular formula is C5H10BaO2. The van der Waals surface area contributed by atoms with E-state index in [1.807, 2.05) is 0 Å². The van der Waals surface area contributed by atoms with Gasteiger partial charge in [-0.2, -0.15) is 0 Å². The molecule has 0 spiro atoms. The minimum atomic E-state index is -0.845. The van der Waals surface area contributed by atoms with Crippen molar-refractivity contribution in [2.75, 3.05) is 0 Å². The van der Waals surface area contributed by atoms with E-state index in [0.29, 0.717) is 5.57 Å². The van der Waals surface area contributed by atoms with E-state index in [1.165, 1.54) is 0 Å². The first-order chi connectivity index (χ1) is 3.18. The van der Waals surface area contributed by atoms with Crippen LogP contribution in [0.25, 0.3) is 0 Å². The molecule has 0 atom stereocenters. The van der Waals surface area contributed by atoms with Crippen molar-refractivity contribution in [1.29, 1.82) is 0 Å². The molecule has 0 rings (SSSR count). The summed E-state index contributed by atoms with van der Waals surface area (Å²) in [5.41, 5.74) is 0.389. The second-order valence-electron chi connectivity index (χ2n) is 1.28. The summed E-state index contributed by atoms with van der Waals surface area (Å²) >= 11 is 0. The van der Waals surface area contributed by atoms with Gasteiger partial charge in [-0.1, -0.05) is 6.08 Å². The number of rotatable bonds is 1. The van der Waals surface area contributed by atoms with Gasteiger partial charge in [0.25, 0.3) is 0 Å². The number of hydrogen-bond donors (Lipinski definition) is 1. The van der Waals surface area contributed by atoms with E-state index in [0.717, 1.165) is 0 Å². The van der Waals surface area contributed by atoms with Crippen molar-refractivity contribution in [2.45, 2.75) is 13.8 Å². The van der Waals surface area contributed by atoms with Crippen molar-refractivity contribution in [1.82, 2.24) is 0 Å². The zero-order chi connectivity index (χ0) is 5.86. The number of carboxylic acid groups (broad SMARTS) is 1. The maximum Gasteiger partial charge on any atom is 2.00 e. The van der Waals surface area contributed by atoms with E-state index in [2.05, 4.69) is 0 Å². The van der Waals surface area contributed by atoms with Crippen LogP contribution in [0.3, 0.4) is 0 Å². The third-order valence-electron chi connectivity index (χ3n) is 0.770. The summed E-state index contributed by atoms with van der Waals surface area (Å²) in [6.45, 7) is 3.26. The van der Waals surface area contributed by atoms with Crippen LogP contribution in [0, 0.1) is 0 Å². The zero-order valence-corrected chi connectivity index (χ0v) is 9.58. The molecule has 3 heteroatoms. The molecule has 1 N–H and O–H groups in total. The second-order valence-corrected chi connectivity index (χ2v) is 1.28. The van der Waals surface area contributed by atoms with E-state index >= 15 is 0 Å². The molecular weight excluding hydrogens is 229 g/mol. The van der Waals surface area contributed by atoms with Gasteiger partial charge in [-0.15, -0.1) is 0 Å². The zero-order valence-electron chi connectivity index (χ0n) is 7.14. The molecule has 0 radical (unpaired) electrons. The summed E-state index contributed by atoms with van der Waals surface area (Å²) in [4.78, 5) is 9.86. The fourth-order valence-electron chi connectivity index (χ4n) is 0.123. The summed E-state index contributed by atoms with van der Waals surface area (Å²) in [6.07, 6.45) is 1.56. The van der Waals surface area contributed by atoms with Gasteiger partial charge in [-0.05, 0) is 13.8 Å². The molecule has 0 unspecified atom stereocenters. The molecule has 0 bridgehead atoms. The predicted octanol–water partition coefficient (Wildman–Crippen LogP) is 0.881. The number of aliphatic carboxylic acids is 1. The molecule has 0 aromatic carbocycles. The average molecular weight is 239 g/mol. The van der Waals surface area contributed by atoms with Gasteiger partial charge < -0.3 is 7.96 Å². The van der Waals surface area contributed by atoms with Crippen molar-refractivity contribution in [3.05, 3.63) is 11.6 Å². The standard InChI is InChI=1S/C5H8O2.Ba.2H/c1-3-4(2)5(6)7;;;/h3H,1-2H3,(H,6,7);;;/q;+2;2*-1. The Bertz CT molecular complexity index is 114. The number of hydrogen-bond acceptors (Lipinski definition) is 1. The number of carbonyl (C=O) groups is 1. The van der Waals surface area contributed by atoms with Gasteiger partial charge in [-0.25, -0.2) is 4.79 Å². The van der Waals surface area contributed by atoms with Crippen LogP contribution < -0.4 is 0 Å². The predicted molar refractivity (Wildman–Crippen MR) is 35.0 cm³/mol. The van der Waals surface area contributed by atoms with E-state index in [4.69, 9.17) is 5.11 Å². The van der Waals surface area contributed by atoms with Gasteiger partial charge >= 0.3 is 54.9 Å². The molecule has 0 saturated heterocycles. The molecule has 44 valence electrons. The van der Waals surface area contributed by atoms with Gasteiger partial charge in [0.05, 0.1) is 0 Å². The van der Waals surface area contributed by atoms with Crippen LogP contribution in [0.4, 0.5) is 0 Å². The maximum absolute atomic E-state index is 9.86. The van der Waals surface area contributed by atoms with Crippen molar-refractivity contribution < 1.29 is 12.8 Å². The summed E-state index contributed by atoms with van der Waals surface area (Å²) in [5.74, 6) is -0.845.